The zero-order chi connectivity index (χ0) is 15.6. The molecule has 0 aliphatic heterocycles. The van der Waals surface area contributed by atoms with Gasteiger partial charge in [-0.25, -0.2) is 9.13 Å². The number of imidazole rings is 1. The lowest BCUT2D eigenvalue weighted by atomic mass is 9.98. The van der Waals surface area contributed by atoms with Crippen molar-refractivity contribution in [3.05, 3.63) is 53.6 Å². The lowest BCUT2D eigenvalue weighted by Crippen LogP contribution is -2.37. The quantitative estimate of drug-likeness (QED) is 0.793. The van der Waals surface area contributed by atoms with Crippen LogP contribution < -0.4 is 4.57 Å². The predicted molar refractivity (Wildman–Crippen MR) is 84.3 cm³/mol. The first-order chi connectivity index (χ1) is 9.77. The van der Waals surface area contributed by atoms with Gasteiger partial charge in [-0.3, -0.25) is 4.79 Å². The SMILES string of the molecule is Cc1cccc(C)c1CC(=O)C[n+]1ccn(C(C)(C)C)c1. The van der Waals surface area contributed by atoms with E-state index in [4.69, 9.17) is 0 Å². The van der Waals surface area contributed by atoms with Gasteiger partial charge in [-0.1, -0.05) is 18.2 Å². The van der Waals surface area contributed by atoms with E-state index in [1.165, 1.54) is 16.7 Å². The first-order valence-electron chi connectivity index (χ1n) is 7.41. The molecule has 0 saturated carbocycles. The second kappa shape index (κ2) is 5.84. The fraction of sp³-hybridized carbons (Fsp3) is 0.444. The summed E-state index contributed by atoms with van der Waals surface area (Å²) in [4.78, 5) is 12.3. The fourth-order valence-electron chi connectivity index (χ4n) is 2.47. The van der Waals surface area contributed by atoms with E-state index >= 15 is 0 Å². The molecule has 0 atom stereocenters. The van der Waals surface area contributed by atoms with Crippen LogP contribution in [-0.2, 0) is 23.3 Å². The Morgan fingerprint density at radius 2 is 1.81 bits per heavy atom. The third kappa shape index (κ3) is 3.81. The highest BCUT2D eigenvalue weighted by atomic mass is 16.1. The van der Waals surface area contributed by atoms with Crippen molar-refractivity contribution in [2.24, 2.45) is 0 Å². The zero-order valence-electron chi connectivity index (χ0n) is 13.7. The second-order valence-corrected chi connectivity index (χ2v) is 6.75. The number of hydrogen-bond donors (Lipinski definition) is 0. The van der Waals surface area contributed by atoms with Crippen molar-refractivity contribution >= 4 is 5.78 Å². The van der Waals surface area contributed by atoms with Gasteiger partial charge in [0.25, 0.3) is 0 Å². The van der Waals surface area contributed by atoms with E-state index < -0.39 is 0 Å². The maximum atomic E-state index is 12.3. The summed E-state index contributed by atoms with van der Waals surface area (Å²) in [5.41, 5.74) is 3.60. The van der Waals surface area contributed by atoms with E-state index in [9.17, 15) is 4.79 Å². The Labute approximate surface area is 127 Å². The molecule has 0 radical (unpaired) electrons. The molecule has 0 saturated heterocycles. The molecule has 0 fully saturated rings. The summed E-state index contributed by atoms with van der Waals surface area (Å²) in [6.07, 6.45) is 6.50. The maximum Gasteiger partial charge on any atom is 0.244 e. The number of aromatic nitrogens is 2. The standard InChI is InChI=1S/C18H25N2O/c1-14-7-6-8-15(2)17(14)11-16(21)12-19-9-10-20(13-19)18(3,4)5/h6-10,13H,11-12H2,1-5H3/q+1. The first-order valence-corrected chi connectivity index (χ1v) is 7.41. The van der Waals surface area contributed by atoms with Crippen LogP contribution in [0.15, 0.2) is 36.9 Å². The minimum absolute atomic E-state index is 0.0426. The number of carbonyl (C=O) groups is 1. The van der Waals surface area contributed by atoms with Crippen molar-refractivity contribution in [2.75, 3.05) is 0 Å². The summed E-state index contributed by atoms with van der Waals surface area (Å²) in [6.45, 7) is 11.0. The van der Waals surface area contributed by atoms with Crippen molar-refractivity contribution in [3.63, 3.8) is 0 Å². The molecule has 0 aliphatic rings. The van der Waals surface area contributed by atoms with E-state index in [0.717, 1.165) is 0 Å². The molecule has 0 bridgehead atoms. The topological polar surface area (TPSA) is 25.9 Å². The molecule has 3 nitrogen and oxygen atoms in total. The second-order valence-electron chi connectivity index (χ2n) is 6.75. The number of ketones is 1. The molecule has 1 aromatic carbocycles. The molecule has 0 unspecified atom stereocenters. The molecule has 3 heteroatoms. The average Bonchev–Trinajstić information content (AvgIpc) is 2.82. The smallest absolute Gasteiger partial charge is 0.244 e. The van der Waals surface area contributed by atoms with Crippen LogP contribution in [-0.4, -0.2) is 10.4 Å². The highest BCUT2D eigenvalue weighted by Crippen LogP contribution is 2.14. The number of Topliss-reactive ketones (excluding diaryl/α,β-unsaturated/α-hetero) is 1. The Hall–Kier alpha value is -1.90. The van der Waals surface area contributed by atoms with Gasteiger partial charge in [0.15, 0.2) is 5.78 Å². The molecule has 0 spiro atoms. The van der Waals surface area contributed by atoms with Gasteiger partial charge in [0, 0.05) is 6.42 Å². The lowest BCUT2D eigenvalue weighted by Gasteiger charge is -2.13. The number of rotatable bonds is 4. The fourth-order valence-corrected chi connectivity index (χ4v) is 2.47. The molecule has 1 aromatic heterocycles. The summed E-state index contributed by atoms with van der Waals surface area (Å²) < 4.78 is 4.08. The monoisotopic (exact) mass is 285 g/mol. The lowest BCUT2D eigenvalue weighted by molar-refractivity contribution is -0.684. The van der Waals surface area contributed by atoms with Gasteiger partial charge in [0.2, 0.25) is 6.33 Å². The van der Waals surface area contributed by atoms with Crippen molar-refractivity contribution in [1.29, 1.82) is 0 Å². The maximum absolute atomic E-state index is 12.3. The molecule has 21 heavy (non-hydrogen) atoms. The van der Waals surface area contributed by atoms with E-state index in [1.54, 1.807) is 0 Å². The molecular formula is C18H25N2O+. The minimum Gasteiger partial charge on any atom is -0.295 e. The van der Waals surface area contributed by atoms with Crippen molar-refractivity contribution < 1.29 is 9.36 Å². The number of aryl methyl sites for hydroxylation is 2. The van der Waals surface area contributed by atoms with Crippen LogP contribution in [0, 0.1) is 13.8 Å². The van der Waals surface area contributed by atoms with Gasteiger partial charge in [0.1, 0.15) is 24.5 Å². The Bertz CT molecular complexity index is 627. The summed E-state index contributed by atoms with van der Waals surface area (Å²) in [7, 11) is 0. The molecule has 2 aromatic rings. The van der Waals surface area contributed by atoms with Crippen LogP contribution in [0.4, 0.5) is 0 Å². The third-order valence-electron chi connectivity index (χ3n) is 3.84. The highest BCUT2D eigenvalue weighted by molar-refractivity contribution is 5.80. The molecule has 0 N–H and O–H groups in total. The van der Waals surface area contributed by atoms with Gasteiger partial charge < -0.3 is 0 Å². The van der Waals surface area contributed by atoms with Crippen LogP contribution in [0.2, 0.25) is 0 Å². The van der Waals surface area contributed by atoms with E-state index in [-0.39, 0.29) is 11.3 Å². The molecule has 0 aliphatic carbocycles. The van der Waals surface area contributed by atoms with Crippen molar-refractivity contribution in [2.45, 2.75) is 53.1 Å². The number of nitrogens with zero attached hydrogens (tertiary/aromatic N) is 2. The van der Waals surface area contributed by atoms with Crippen LogP contribution in [0.1, 0.15) is 37.5 Å². The molecule has 2 rings (SSSR count). The summed E-state index contributed by atoms with van der Waals surface area (Å²) >= 11 is 0. The molecule has 112 valence electrons. The largest absolute Gasteiger partial charge is 0.295 e. The molecule has 1 heterocycles. The van der Waals surface area contributed by atoms with Crippen molar-refractivity contribution in [3.8, 4) is 0 Å². The van der Waals surface area contributed by atoms with Gasteiger partial charge in [0.05, 0.1) is 0 Å². The summed E-state index contributed by atoms with van der Waals surface area (Å²) in [6, 6.07) is 6.18. The van der Waals surface area contributed by atoms with Crippen molar-refractivity contribution in [1.82, 2.24) is 4.57 Å². The Balaban J connectivity index is 2.07. The zero-order valence-corrected chi connectivity index (χ0v) is 13.7. The Morgan fingerprint density at radius 3 is 2.33 bits per heavy atom. The number of hydrogen-bond acceptors (Lipinski definition) is 1. The Morgan fingerprint density at radius 1 is 1.19 bits per heavy atom. The van der Waals surface area contributed by atoms with E-state index in [1.807, 2.05) is 29.4 Å². The van der Waals surface area contributed by atoms with Gasteiger partial charge in [-0.2, -0.15) is 0 Å². The number of benzene rings is 1. The molecular weight excluding hydrogens is 260 g/mol. The van der Waals surface area contributed by atoms with Gasteiger partial charge >= 0.3 is 0 Å². The van der Waals surface area contributed by atoms with Crippen LogP contribution in [0.5, 0.6) is 0 Å². The number of carbonyl (C=O) groups excluding carboxylic acids is 1. The van der Waals surface area contributed by atoms with Crippen LogP contribution in [0.3, 0.4) is 0 Å². The first kappa shape index (κ1) is 15.5. The van der Waals surface area contributed by atoms with Crippen LogP contribution in [0.25, 0.3) is 0 Å². The average molecular weight is 285 g/mol. The summed E-state index contributed by atoms with van der Waals surface area (Å²) in [5, 5.41) is 0. The normalized spacial score (nSPS) is 11.7. The summed E-state index contributed by atoms with van der Waals surface area (Å²) in [5.74, 6) is 0.240. The van der Waals surface area contributed by atoms with Crippen LogP contribution >= 0.6 is 0 Å². The van der Waals surface area contributed by atoms with E-state index in [2.05, 4.69) is 51.3 Å². The minimum atomic E-state index is 0.0426. The van der Waals surface area contributed by atoms with E-state index in [0.29, 0.717) is 13.0 Å². The predicted octanol–water partition coefficient (Wildman–Crippen LogP) is 2.96. The van der Waals surface area contributed by atoms with Gasteiger partial charge in [-0.05, 0) is 51.3 Å². The van der Waals surface area contributed by atoms with Gasteiger partial charge in [-0.15, -0.1) is 0 Å². The Kier molecular flexibility index (Phi) is 4.31. The third-order valence-corrected chi connectivity index (χ3v) is 3.84. The highest BCUT2D eigenvalue weighted by Gasteiger charge is 2.20. The molecule has 0 amide bonds.